The van der Waals surface area contributed by atoms with Crippen LogP contribution in [0.15, 0.2) is 48.5 Å². The molecule has 10 nitrogen and oxygen atoms in total. The monoisotopic (exact) mass is 589 g/mol. The Kier molecular flexibility index (Phi) is 9.34. The summed E-state index contributed by atoms with van der Waals surface area (Å²) in [5.74, 6) is -0.0229. The van der Waals surface area contributed by atoms with E-state index in [2.05, 4.69) is 32.6 Å². The fourth-order valence-corrected chi connectivity index (χ4v) is 6.12. The van der Waals surface area contributed by atoms with Gasteiger partial charge >= 0.3 is 6.09 Å². The number of anilines is 2. The molecule has 2 N–H and O–H groups in total. The van der Waals surface area contributed by atoms with Crippen molar-refractivity contribution in [3.8, 4) is 0 Å². The zero-order valence-corrected chi connectivity index (χ0v) is 25.4. The molecule has 2 aromatic rings. The summed E-state index contributed by atoms with van der Waals surface area (Å²) in [5.41, 5.74) is 3.43. The minimum absolute atomic E-state index is 0.184. The van der Waals surface area contributed by atoms with E-state index in [9.17, 15) is 19.2 Å². The Balaban J connectivity index is 1.03. The molecule has 3 saturated heterocycles. The van der Waals surface area contributed by atoms with Crippen LogP contribution < -0.4 is 15.5 Å². The van der Waals surface area contributed by atoms with Gasteiger partial charge in [-0.15, -0.1) is 0 Å². The number of piperidine rings is 2. The molecule has 3 heterocycles. The van der Waals surface area contributed by atoms with Crippen molar-refractivity contribution in [2.45, 2.75) is 63.9 Å². The van der Waals surface area contributed by atoms with Gasteiger partial charge in [-0.2, -0.15) is 0 Å². The summed E-state index contributed by atoms with van der Waals surface area (Å²) in [7, 11) is 0. The second kappa shape index (κ2) is 13.2. The van der Waals surface area contributed by atoms with Gasteiger partial charge in [0.1, 0.15) is 5.60 Å². The second-order valence-electron chi connectivity index (χ2n) is 12.8. The molecule has 0 aromatic heterocycles. The number of amides is 4. The van der Waals surface area contributed by atoms with Crippen LogP contribution in [0.25, 0.3) is 0 Å². The van der Waals surface area contributed by atoms with Crippen LogP contribution in [-0.2, 0) is 19.1 Å². The summed E-state index contributed by atoms with van der Waals surface area (Å²) >= 11 is 0. The van der Waals surface area contributed by atoms with E-state index in [0.29, 0.717) is 44.1 Å². The van der Waals surface area contributed by atoms with Crippen LogP contribution in [0, 0.1) is 0 Å². The predicted octanol–water partition coefficient (Wildman–Crippen LogP) is 4.08. The van der Waals surface area contributed by atoms with E-state index in [4.69, 9.17) is 4.74 Å². The fourth-order valence-electron chi connectivity index (χ4n) is 6.12. The summed E-state index contributed by atoms with van der Waals surface area (Å²) in [4.78, 5) is 55.3. The van der Waals surface area contributed by atoms with Crippen LogP contribution in [0.5, 0.6) is 0 Å². The van der Waals surface area contributed by atoms with Crippen molar-refractivity contribution < 1.29 is 23.9 Å². The third-order valence-corrected chi connectivity index (χ3v) is 8.51. The number of hydrogen-bond acceptors (Lipinski definition) is 7. The Labute approximate surface area is 253 Å². The molecule has 0 spiro atoms. The van der Waals surface area contributed by atoms with Crippen molar-refractivity contribution in [3.63, 3.8) is 0 Å². The first-order valence-electron chi connectivity index (χ1n) is 15.3. The standard InChI is InChI=1S/C33H43N5O5/c1-33(2,3)43-32(42)34-26-8-10-27(11-9-26)37-18-20-38(21-19-37)30(40)22-36-16-14-24(15-17-36)23-4-6-25(7-5-23)28-12-13-29(39)35-31(28)41/h4-11,24,28H,12-22H2,1-3H3,(H,34,42)(H,35,39,41). The third-order valence-electron chi connectivity index (χ3n) is 8.51. The van der Waals surface area contributed by atoms with Gasteiger partial charge in [-0.3, -0.25) is 29.9 Å². The summed E-state index contributed by atoms with van der Waals surface area (Å²) < 4.78 is 5.31. The quantitative estimate of drug-likeness (QED) is 0.489. The van der Waals surface area contributed by atoms with Crippen molar-refractivity contribution >= 4 is 35.2 Å². The molecular weight excluding hydrogens is 546 g/mol. The number of hydrogen-bond donors (Lipinski definition) is 2. The number of rotatable bonds is 6. The highest BCUT2D eigenvalue weighted by Gasteiger charge is 2.29. The smallest absolute Gasteiger partial charge is 0.412 e. The Bertz CT molecular complexity index is 1300. The lowest BCUT2D eigenvalue weighted by atomic mass is 9.86. The molecule has 0 bridgehead atoms. The lowest BCUT2D eigenvalue weighted by Crippen LogP contribution is -2.51. The largest absolute Gasteiger partial charge is 0.444 e. The zero-order valence-electron chi connectivity index (χ0n) is 25.4. The molecule has 0 saturated carbocycles. The number of carbonyl (C=O) groups excluding carboxylic acids is 4. The number of benzene rings is 2. The van der Waals surface area contributed by atoms with Crippen LogP contribution >= 0.6 is 0 Å². The fraction of sp³-hybridized carbons (Fsp3) is 0.515. The molecule has 2 aromatic carbocycles. The highest BCUT2D eigenvalue weighted by molar-refractivity contribution is 6.00. The Morgan fingerprint density at radius 1 is 0.860 bits per heavy atom. The highest BCUT2D eigenvalue weighted by atomic mass is 16.6. The van der Waals surface area contributed by atoms with Gasteiger partial charge in [0, 0.05) is 44.0 Å². The lowest BCUT2D eigenvalue weighted by Gasteiger charge is -2.38. The summed E-state index contributed by atoms with van der Waals surface area (Å²) in [6, 6.07) is 16.0. The van der Waals surface area contributed by atoms with Crippen LogP contribution in [0.3, 0.4) is 0 Å². The van der Waals surface area contributed by atoms with E-state index >= 15 is 0 Å². The summed E-state index contributed by atoms with van der Waals surface area (Å²) in [6.07, 6.45) is 2.47. The topological polar surface area (TPSA) is 111 Å². The van der Waals surface area contributed by atoms with Gasteiger partial charge in [0.05, 0.1) is 12.5 Å². The first-order chi connectivity index (χ1) is 20.5. The maximum atomic E-state index is 13.1. The molecule has 1 unspecified atom stereocenters. The number of nitrogens with one attached hydrogen (secondary N) is 2. The first kappa shape index (κ1) is 30.5. The average Bonchev–Trinajstić information content (AvgIpc) is 2.97. The van der Waals surface area contributed by atoms with E-state index in [1.165, 1.54) is 5.56 Å². The molecular formula is C33H43N5O5. The SMILES string of the molecule is CC(C)(C)OC(=O)Nc1ccc(N2CCN(C(=O)CN3CCC(c4ccc(C5CCC(=O)NC5=O)cc4)CC3)CC2)cc1. The zero-order chi connectivity index (χ0) is 30.6. The average molecular weight is 590 g/mol. The van der Waals surface area contributed by atoms with Gasteiger partial charge in [-0.25, -0.2) is 4.79 Å². The maximum absolute atomic E-state index is 13.1. The predicted molar refractivity (Wildman–Crippen MR) is 165 cm³/mol. The minimum atomic E-state index is -0.549. The molecule has 3 aliphatic rings. The first-order valence-corrected chi connectivity index (χ1v) is 15.3. The van der Waals surface area contributed by atoms with Crippen LogP contribution in [-0.4, -0.2) is 85.0 Å². The van der Waals surface area contributed by atoms with Crippen LogP contribution in [0.1, 0.15) is 69.4 Å². The van der Waals surface area contributed by atoms with E-state index in [1.54, 1.807) is 0 Å². The normalized spacial score (nSPS) is 20.5. The number of nitrogens with zero attached hydrogens (tertiary/aromatic N) is 3. The van der Waals surface area contributed by atoms with Crippen molar-refractivity contribution in [2.75, 3.05) is 56.0 Å². The Morgan fingerprint density at radius 3 is 2.09 bits per heavy atom. The number of piperazine rings is 1. The van der Waals surface area contributed by atoms with Gasteiger partial charge in [0.25, 0.3) is 0 Å². The van der Waals surface area contributed by atoms with Gasteiger partial charge < -0.3 is 14.5 Å². The number of imide groups is 1. The number of likely N-dealkylation sites (tertiary alicyclic amines) is 1. The van der Waals surface area contributed by atoms with Crippen molar-refractivity contribution in [1.29, 1.82) is 0 Å². The summed E-state index contributed by atoms with van der Waals surface area (Å²) in [6.45, 7) is 10.6. The van der Waals surface area contributed by atoms with Gasteiger partial charge in [-0.1, -0.05) is 24.3 Å². The molecule has 3 fully saturated rings. The van der Waals surface area contributed by atoms with Crippen LogP contribution in [0.2, 0.25) is 0 Å². The van der Waals surface area contributed by atoms with Gasteiger partial charge in [0.15, 0.2) is 0 Å². The Hall–Kier alpha value is -3.92. The molecule has 5 rings (SSSR count). The van der Waals surface area contributed by atoms with Crippen molar-refractivity contribution in [1.82, 2.24) is 15.1 Å². The van der Waals surface area contributed by atoms with Gasteiger partial charge in [0.2, 0.25) is 17.7 Å². The summed E-state index contributed by atoms with van der Waals surface area (Å²) in [5, 5.41) is 5.20. The van der Waals surface area contributed by atoms with Crippen molar-refractivity contribution in [2.24, 2.45) is 0 Å². The molecule has 1 atom stereocenters. The minimum Gasteiger partial charge on any atom is -0.444 e. The lowest BCUT2D eigenvalue weighted by molar-refractivity contribution is -0.134. The molecule has 230 valence electrons. The highest BCUT2D eigenvalue weighted by Crippen LogP contribution is 2.31. The Morgan fingerprint density at radius 2 is 1.49 bits per heavy atom. The molecule has 0 radical (unpaired) electrons. The molecule has 3 aliphatic heterocycles. The van der Waals surface area contributed by atoms with E-state index < -0.39 is 11.7 Å². The van der Waals surface area contributed by atoms with Crippen LogP contribution in [0.4, 0.5) is 16.2 Å². The van der Waals surface area contributed by atoms with Gasteiger partial charge in [-0.05, 0) is 94.4 Å². The number of carbonyl (C=O) groups is 4. The maximum Gasteiger partial charge on any atom is 0.412 e. The molecule has 4 amide bonds. The van der Waals surface area contributed by atoms with E-state index in [0.717, 1.165) is 50.3 Å². The third kappa shape index (κ3) is 8.13. The van der Waals surface area contributed by atoms with E-state index in [1.807, 2.05) is 62.1 Å². The molecule has 10 heteroatoms. The molecule has 0 aliphatic carbocycles. The van der Waals surface area contributed by atoms with E-state index in [-0.39, 0.29) is 23.6 Å². The second-order valence-corrected chi connectivity index (χ2v) is 12.8. The number of ether oxygens (including phenoxy) is 1. The van der Waals surface area contributed by atoms with Crippen molar-refractivity contribution in [3.05, 3.63) is 59.7 Å². The molecule has 43 heavy (non-hydrogen) atoms.